The average Bonchev–Trinajstić information content (AvgIpc) is 2.74. The largest absolute Gasteiger partial charge is 0.493 e. The van der Waals surface area contributed by atoms with Crippen LogP contribution in [-0.2, 0) is 11.3 Å². The molecule has 0 aromatic heterocycles. The smallest absolute Gasteiger partial charge is 0.339 e. The summed E-state index contributed by atoms with van der Waals surface area (Å²) in [5.74, 6) is -1.55. The van der Waals surface area contributed by atoms with Crippen molar-refractivity contribution in [3.63, 3.8) is 0 Å². The molecule has 0 unspecified atom stereocenters. The van der Waals surface area contributed by atoms with E-state index in [-0.39, 0.29) is 10.5 Å². The second-order valence-electron chi connectivity index (χ2n) is 5.94. The number of esters is 1. The van der Waals surface area contributed by atoms with Gasteiger partial charge in [0.1, 0.15) is 18.2 Å². The number of halogens is 2. The molecule has 0 atom stereocenters. The van der Waals surface area contributed by atoms with Gasteiger partial charge >= 0.3 is 5.97 Å². The molecule has 0 N–H and O–H groups in total. The zero-order valence-corrected chi connectivity index (χ0v) is 16.6. The first kappa shape index (κ1) is 20.7. The molecule has 3 aromatic rings. The van der Waals surface area contributed by atoms with Crippen LogP contribution in [0.5, 0.6) is 11.5 Å². The summed E-state index contributed by atoms with van der Waals surface area (Å²) in [6.07, 6.45) is 0. The molecule has 0 fully saturated rings. The minimum atomic E-state index is -0.852. The number of carbonyl (C=O) groups excluding carboxylic acids is 1. The zero-order valence-electron chi connectivity index (χ0n) is 15.8. The van der Waals surface area contributed by atoms with Crippen LogP contribution in [0.4, 0.5) is 8.78 Å². The first-order chi connectivity index (χ1) is 14.0. The Labute approximate surface area is 171 Å². The van der Waals surface area contributed by atoms with Crippen LogP contribution in [0, 0.1) is 11.6 Å². The molecular weight excluding hydrogens is 398 g/mol. The Balaban J connectivity index is 1.85. The normalized spacial score (nSPS) is 10.5. The van der Waals surface area contributed by atoms with Gasteiger partial charge in [-0.2, -0.15) is 0 Å². The fraction of sp³-hybridized carbons (Fsp3) is 0.136. The maximum absolute atomic E-state index is 14.3. The lowest BCUT2D eigenvalue weighted by molar-refractivity contribution is 0.0595. The Kier molecular flexibility index (Phi) is 6.72. The van der Waals surface area contributed by atoms with Crippen molar-refractivity contribution in [3.8, 4) is 11.5 Å². The molecular formula is C22H18F2O4S. The van der Waals surface area contributed by atoms with E-state index in [0.29, 0.717) is 23.0 Å². The van der Waals surface area contributed by atoms with Gasteiger partial charge in [-0.3, -0.25) is 0 Å². The lowest BCUT2D eigenvalue weighted by Gasteiger charge is -2.13. The maximum Gasteiger partial charge on any atom is 0.339 e. The molecule has 4 nitrogen and oxygen atoms in total. The predicted molar refractivity (Wildman–Crippen MR) is 106 cm³/mol. The molecule has 0 aliphatic rings. The molecule has 150 valence electrons. The summed E-state index contributed by atoms with van der Waals surface area (Å²) in [4.78, 5) is 12.5. The maximum atomic E-state index is 14.3. The number of carbonyl (C=O) groups is 1. The number of hydrogen-bond acceptors (Lipinski definition) is 5. The van der Waals surface area contributed by atoms with Crippen LogP contribution >= 0.6 is 11.8 Å². The van der Waals surface area contributed by atoms with E-state index in [9.17, 15) is 13.6 Å². The highest BCUT2D eigenvalue weighted by Crippen LogP contribution is 2.38. The molecule has 0 saturated carbocycles. The Bertz CT molecular complexity index is 1010. The van der Waals surface area contributed by atoms with Gasteiger partial charge in [-0.15, -0.1) is 0 Å². The van der Waals surface area contributed by atoms with Crippen molar-refractivity contribution in [3.05, 3.63) is 83.4 Å². The van der Waals surface area contributed by atoms with E-state index >= 15 is 0 Å². The SMILES string of the molecule is COC(=O)c1cc(F)cc(F)c1Sc1ccc(OCc2ccccc2)c(OC)c1. The van der Waals surface area contributed by atoms with Gasteiger partial charge in [0.2, 0.25) is 0 Å². The Morgan fingerprint density at radius 2 is 1.72 bits per heavy atom. The molecule has 0 saturated heterocycles. The fourth-order valence-corrected chi connectivity index (χ4v) is 3.56. The summed E-state index contributed by atoms with van der Waals surface area (Å²) in [6.45, 7) is 0.364. The highest BCUT2D eigenvalue weighted by Gasteiger charge is 2.20. The Morgan fingerprint density at radius 1 is 0.966 bits per heavy atom. The summed E-state index contributed by atoms with van der Waals surface area (Å²) < 4.78 is 43.7. The molecule has 0 spiro atoms. The van der Waals surface area contributed by atoms with Crippen LogP contribution in [0.1, 0.15) is 15.9 Å². The summed E-state index contributed by atoms with van der Waals surface area (Å²) in [6, 6.07) is 16.4. The fourth-order valence-electron chi connectivity index (χ4n) is 2.61. The van der Waals surface area contributed by atoms with Gasteiger partial charge < -0.3 is 14.2 Å². The molecule has 3 rings (SSSR count). The van der Waals surface area contributed by atoms with Crippen LogP contribution in [0.15, 0.2) is 70.5 Å². The van der Waals surface area contributed by atoms with Crippen LogP contribution in [0.3, 0.4) is 0 Å². The predicted octanol–water partition coefficient (Wildman–Crippen LogP) is 5.49. The first-order valence-electron chi connectivity index (χ1n) is 8.61. The molecule has 0 bridgehead atoms. The van der Waals surface area contributed by atoms with Crippen molar-refractivity contribution in [1.29, 1.82) is 0 Å². The van der Waals surface area contributed by atoms with Crippen molar-refractivity contribution in [2.75, 3.05) is 14.2 Å². The highest BCUT2D eigenvalue weighted by atomic mass is 32.2. The van der Waals surface area contributed by atoms with Crippen molar-refractivity contribution < 1.29 is 27.8 Å². The van der Waals surface area contributed by atoms with Gasteiger partial charge in [-0.25, -0.2) is 13.6 Å². The Morgan fingerprint density at radius 3 is 2.41 bits per heavy atom. The summed E-state index contributed by atoms with van der Waals surface area (Å²) >= 11 is 0.968. The lowest BCUT2D eigenvalue weighted by Crippen LogP contribution is -2.05. The van der Waals surface area contributed by atoms with Crippen LogP contribution in [0.25, 0.3) is 0 Å². The summed E-state index contributed by atoms with van der Waals surface area (Å²) in [5.41, 5.74) is 0.822. The minimum Gasteiger partial charge on any atom is -0.493 e. The number of methoxy groups -OCH3 is 2. The number of benzene rings is 3. The number of rotatable bonds is 7. The molecule has 7 heteroatoms. The van der Waals surface area contributed by atoms with Crippen molar-refractivity contribution in [2.45, 2.75) is 16.4 Å². The number of ether oxygens (including phenoxy) is 3. The van der Waals surface area contributed by atoms with Gasteiger partial charge in [0.05, 0.1) is 24.7 Å². The molecule has 0 radical (unpaired) electrons. The highest BCUT2D eigenvalue weighted by molar-refractivity contribution is 7.99. The van der Waals surface area contributed by atoms with E-state index in [1.165, 1.54) is 7.11 Å². The third-order valence-electron chi connectivity index (χ3n) is 4.01. The van der Waals surface area contributed by atoms with E-state index in [1.54, 1.807) is 18.2 Å². The summed E-state index contributed by atoms with van der Waals surface area (Å²) in [7, 11) is 2.65. The second kappa shape index (κ2) is 9.43. The topological polar surface area (TPSA) is 44.8 Å². The monoisotopic (exact) mass is 416 g/mol. The van der Waals surface area contributed by atoms with Gasteiger partial charge in [-0.05, 0) is 29.8 Å². The molecule has 0 aliphatic heterocycles. The first-order valence-corrected chi connectivity index (χ1v) is 9.43. The van der Waals surface area contributed by atoms with Crippen LogP contribution in [-0.4, -0.2) is 20.2 Å². The third-order valence-corrected chi connectivity index (χ3v) is 5.11. The zero-order chi connectivity index (χ0) is 20.8. The van der Waals surface area contributed by atoms with Crippen LogP contribution < -0.4 is 9.47 Å². The van der Waals surface area contributed by atoms with E-state index < -0.39 is 17.6 Å². The Hall–Kier alpha value is -3.06. The molecule has 29 heavy (non-hydrogen) atoms. The second-order valence-corrected chi connectivity index (χ2v) is 7.03. The minimum absolute atomic E-state index is 0.0294. The van der Waals surface area contributed by atoms with Crippen LogP contribution in [0.2, 0.25) is 0 Å². The van der Waals surface area contributed by atoms with Gasteiger partial charge in [0.15, 0.2) is 11.5 Å². The van der Waals surface area contributed by atoms with E-state index in [1.807, 2.05) is 30.3 Å². The standard InChI is InChI=1S/C22H18F2O4S/c1-26-20-12-16(8-9-19(20)28-13-14-6-4-3-5-7-14)29-21-17(22(25)27-2)10-15(23)11-18(21)24/h3-12H,13H2,1-2H3. The molecule has 0 amide bonds. The summed E-state index contributed by atoms with van der Waals surface area (Å²) in [5, 5.41) is 0. The van der Waals surface area contributed by atoms with Crippen molar-refractivity contribution in [1.82, 2.24) is 0 Å². The molecule has 0 heterocycles. The average molecular weight is 416 g/mol. The van der Waals surface area contributed by atoms with Gasteiger partial charge in [0.25, 0.3) is 0 Å². The van der Waals surface area contributed by atoms with Gasteiger partial charge in [-0.1, -0.05) is 42.1 Å². The molecule has 0 aliphatic carbocycles. The number of hydrogen-bond donors (Lipinski definition) is 0. The quantitative estimate of drug-likeness (QED) is 0.477. The third kappa shape index (κ3) is 5.06. The molecule has 3 aromatic carbocycles. The van der Waals surface area contributed by atoms with E-state index in [4.69, 9.17) is 9.47 Å². The van der Waals surface area contributed by atoms with Gasteiger partial charge in [0, 0.05) is 11.0 Å². The lowest BCUT2D eigenvalue weighted by atomic mass is 10.2. The van der Waals surface area contributed by atoms with Crippen molar-refractivity contribution in [2.24, 2.45) is 0 Å². The van der Waals surface area contributed by atoms with E-state index in [2.05, 4.69) is 4.74 Å². The van der Waals surface area contributed by atoms with Crippen molar-refractivity contribution >= 4 is 17.7 Å². The van der Waals surface area contributed by atoms with E-state index in [0.717, 1.165) is 36.6 Å².